The van der Waals surface area contributed by atoms with Gasteiger partial charge in [-0.3, -0.25) is 0 Å². The van der Waals surface area contributed by atoms with Crippen LogP contribution < -0.4 is 4.83 Å². The molecule has 0 aliphatic heterocycles. The Labute approximate surface area is 164 Å². The van der Waals surface area contributed by atoms with Crippen molar-refractivity contribution in [2.24, 2.45) is 5.10 Å². The molecule has 0 amide bonds. The van der Waals surface area contributed by atoms with Gasteiger partial charge < -0.3 is 0 Å². The summed E-state index contributed by atoms with van der Waals surface area (Å²) in [6, 6.07) is 15.3. The molecule has 3 aromatic rings. The van der Waals surface area contributed by atoms with Crippen molar-refractivity contribution in [1.29, 1.82) is 0 Å². The summed E-state index contributed by atoms with van der Waals surface area (Å²) in [6.07, 6.45) is 3.66. The summed E-state index contributed by atoms with van der Waals surface area (Å²) in [5.74, 6) is 0.522. The van der Waals surface area contributed by atoms with Gasteiger partial charge in [-0.1, -0.05) is 35.9 Å². The molecule has 140 valence electrons. The van der Waals surface area contributed by atoms with Crippen molar-refractivity contribution < 1.29 is 8.42 Å². The van der Waals surface area contributed by atoms with Crippen LogP contribution in [-0.4, -0.2) is 14.1 Å². The van der Waals surface area contributed by atoms with Gasteiger partial charge in [0, 0.05) is 10.4 Å². The molecular formula is C21H22N2O2S2. The minimum atomic E-state index is -3.60. The fraction of sp³-hybridized carbons (Fsp3) is 0.286. The van der Waals surface area contributed by atoms with Crippen molar-refractivity contribution in [2.75, 3.05) is 0 Å². The summed E-state index contributed by atoms with van der Waals surface area (Å²) in [6.45, 7) is 1.93. The molecule has 1 fully saturated rings. The second-order valence-corrected chi connectivity index (χ2v) is 9.62. The zero-order chi connectivity index (χ0) is 18.9. The lowest BCUT2D eigenvalue weighted by atomic mass is 9.83. The monoisotopic (exact) mass is 398 g/mol. The largest absolute Gasteiger partial charge is 0.276 e. The van der Waals surface area contributed by atoms with Gasteiger partial charge in [0.25, 0.3) is 10.0 Å². The number of rotatable bonds is 4. The van der Waals surface area contributed by atoms with Gasteiger partial charge in [-0.25, -0.2) is 4.83 Å². The number of hydrazone groups is 1. The van der Waals surface area contributed by atoms with Gasteiger partial charge in [0.1, 0.15) is 0 Å². The van der Waals surface area contributed by atoms with E-state index in [-0.39, 0.29) is 4.90 Å². The summed E-state index contributed by atoms with van der Waals surface area (Å²) in [5.41, 5.74) is 3.39. The maximum Gasteiger partial charge on any atom is 0.276 e. The standard InChI is InChI=1S/C21H22N2O2S2/c1-15-6-12-18(13-7-15)27(24,25)23-22-17-10-8-16(9-11-17)20-14-26-21-5-3-2-4-19(20)21/h2-7,12-14,16,23H,8-11H2,1H3. The molecular weight excluding hydrogens is 376 g/mol. The third-order valence-corrected chi connectivity index (χ3v) is 7.37. The first kappa shape index (κ1) is 18.2. The third kappa shape index (κ3) is 3.92. The number of aryl methyl sites for hydroxylation is 1. The first-order valence-electron chi connectivity index (χ1n) is 9.13. The van der Waals surface area contributed by atoms with E-state index in [1.807, 2.05) is 6.92 Å². The number of thiophene rings is 1. The Morgan fingerprint density at radius 1 is 1.04 bits per heavy atom. The van der Waals surface area contributed by atoms with Crippen LogP contribution in [0.5, 0.6) is 0 Å². The molecule has 0 unspecified atom stereocenters. The molecule has 0 saturated heterocycles. The van der Waals surface area contributed by atoms with Crippen LogP contribution in [0, 0.1) is 6.92 Å². The maximum atomic E-state index is 12.4. The molecule has 1 aliphatic rings. The molecule has 0 spiro atoms. The van der Waals surface area contributed by atoms with Crippen molar-refractivity contribution in [3.05, 3.63) is 65.0 Å². The Hall–Kier alpha value is -2.18. The number of sulfonamides is 1. The molecule has 0 atom stereocenters. The van der Waals surface area contributed by atoms with Gasteiger partial charge in [-0.15, -0.1) is 11.3 Å². The van der Waals surface area contributed by atoms with Crippen LogP contribution >= 0.6 is 11.3 Å². The molecule has 1 aromatic heterocycles. The van der Waals surface area contributed by atoms with Crippen molar-refractivity contribution in [2.45, 2.75) is 43.4 Å². The topological polar surface area (TPSA) is 58.5 Å². The molecule has 0 radical (unpaired) electrons. The quantitative estimate of drug-likeness (QED) is 0.614. The van der Waals surface area contributed by atoms with E-state index in [2.05, 4.69) is 39.6 Å². The number of nitrogens with zero attached hydrogens (tertiary/aromatic N) is 1. The minimum absolute atomic E-state index is 0.246. The summed E-state index contributed by atoms with van der Waals surface area (Å²) < 4.78 is 26.1. The van der Waals surface area contributed by atoms with Crippen molar-refractivity contribution in [3.8, 4) is 0 Å². The molecule has 27 heavy (non-hydrogen) atoms. The van der Waals surface area contributed by atoms with E-state index < -0.39 is 10.0 Å². The van der Waals surface area contributed by atoms with Crippen molar-refractivity contribution in [3.63, 3.8) is 0 Å². The molecule has 1 heterocycles. The van der Waals surface area contributed by atoms with Crippen LogP contribution in [0.15, 0.2) is 63.9 Å². The SMILES string of the molecule is Cc1ccc(S(=O)(=O)NN=C2CCC(c3csc4ccccc34)CC2)cc1. The van der Waals surface area contributed by atoms with Crippen molar-refractivity contribution >= 4 is 37.2 Å². The van der Waals surface area contributed by atoms with E-state index in [0.29, 0.717) is 5.92 Å². The Balaban J connectivity index is 1.42. The van der Waals surface area contributed by atoms with Gasteiger partial charge in [0.15, 0.2) is 0 Å². The lowest BCUT2D eigenvalue weighted by Gasteiger charge is -2.23. The molecule has 6 heteroatoms. The predicted molar refractivity (Wildman–Crippen MR) is 112 cm³/mol. The van der Waals surface area contributed by atoms with Crippen LogP contribution in [0.3, 0.4) is 0 Å². The summed E-state index contributed by atoms with van der Waals surface area (Å²) >= 11 is 1.80. The molecule has 4 nitrogen and oxygen atoms in total. The van der Waals surface area contributed by atoms with Gasteiger partial charge in [0.2, 0.25) is 0 Å². The zero-order valence-corrected chi connectivity index (χ0v) is 16.8. The predicted octanol–water partition coefficient (Wildman–Crippen LogP) is 5.20. The van der Waals surface area contributed by atoms with E-state index >= 15 is 0 Å². The number of hydrogen-bond acceptors (Lipinski definition) is 4. The smallest absolute Gasteiger partial charge is 0.200 e. The molecule has 2 aromatic carbocycles. The van der Waals surface area contributed by atoms with Crippen LogP contribution in [0.25, 0.3) is 10.1 Å². The lowest BCUT2D eigenvalue weighted by molar-refractivity contribution is 0.564. The van der Waals surface area contributed by atoms with Crippen LogP contribution in [0.2, 0.25) is 0 Å². The number of fused-ring (bicyclic) bond motifs is 1. The summed E-state index contributed by atoms with van der Waals surface area (Å²) in [5, 5.41) is 7.84. The first-order chi connectivity index (χ1) is 13.0. The van der Waals surface area contributed by atoms with Crippen LogP contribution in [0.4, 0.5) is 0 Å². The second kappa shape index (κ2) is 7.44. The normalized spacial score (nSPS) is 17.8. The maximum absolute atomic E-state index is 12.4. The fourth-order valence-electron chi connectivity index (χ4n) is 3.58. The van der Waals surface area contributed by atoms with E-state index in [4.69, 9.17) is 0 Å². The third-order valence-electron chi connectivity index (χ3n) is 5.17. The zero-order valence-electron chi connectivity index (χ0n) is 15.2. The van der Waals surface area contributed by atoms with Gasteiger partial charge in [0.05, 0.1) is 4.90 Å². The van der Waals surface area contributed by atoms with E-state index in [0.717, 1.165) is 37.0 Å². The average Bonchev–Trinajstić information content (AvgIpc) is 3.11. The fourth-order valence-corrected chi connectivity index (χ4v) is 5.48. The molecule has 0 bridgehead atoms. The Morgan fingerprint density at radius 2 is 1.74 bits per heavy atom. The number of hydrogen-bond donors (Lipinski definition) is 1. The van der Waals surface area contributed by atoms with Gasteiger partial charge in [-0.2, -0.15) is 13.5 Å². The second-order valence-electron chi connectivity index (χ2n) is 7.05. The average molecular weight is 399 g/mol. The first-order valence-corrected chi connectivity index (χ1v) is 11.5. The molecule has 1 saturated carbocycles. The Kier molecular flexibility index (Phi) is 5.02. The molecule has 1 N–H and O–H groups in total. The van der Waals surface area contributed by atoms with Crippen LogP contribution in [0.1, 0.15) is 42.7 Å². The highest BCUT2D eigenvalue weighted by molar-refractivity contribution is 7.89. The van der Waals surface area contributed by atoms with E-state index in [9.17, 15) is 8.42 Å². The van der Waals surface area contributed by atoms with Crippen molar-refractivity contribution in [1.82, 2.24) is 4.83 Å². The summed E-state index contributed by atoms with van der Waals surface area (Å²) in [4.78, 5) is 2.65. The van der Waals surface area contributed by atoms with E-state index in [1.54, 1.807) is 35.6 Å². The molecule has 1 aliphatic carbocycles. The summed E-state index contributed by atoms with van der Waals surface area (Å²) in [7, 11) is -3.60. The van der Waals surface area contributed by atoms with Crippen LogP contribution in [-0.2, 0) is 10.0 Å². The number of nitrogens with one attached hydrogen (secondary N) is 1. The molecule has 4 rings (SSSR count). The highest BCUT2D eigenvalue weighted by atomic mass is 32.2. The van der Waals surface area contributed by atoms with Gasteiger partial charge >= 0.3 is 0 Å². The van der Waals surface area contributed by atoms with E-state index in [1.165, 1.54) is 15.6 Å². The Morgan fingerprint density at radius 3 is 2.48 bits per heavy atom. The highest BCUT2D eigenvalue weighted by Crippen LogP contribution is 2.38. The number of benzene rings is 2. The minimum Gasteiger partial charge on any atom is -0.200 e. The highest BCUT2D eigenvalue weighted by Gasteiger charge is 2.22. The van der Waals surface area contributed by atoms with Gasteiger partial charge in [-0.05, 0) is 73.1 Å². The Bertz CT molecular complexity index is 1070. The lowest BCUT2D eigenvalue weighted by Crippen LogP contribution is -2.22.